The average Bonchev–Trinajstić information content (AvgIpc) is 1.92. The molecule has 0 aromatic rings. The van der Waals surface area contributed by atoms with E-state index in [1.807, 2.05) is 0 Å². The van der Waals surface area contributed by atoms with Crippen molar-refractivity contribution in [2.45, 2.75) is 44.6 Å². The summed E-state index contributed by atoms with van der Waals surface area (Å²) >= 11 is 0. The number of hydrogen-bond donors (Lipinski definition) is 1. The normalized spacial score (nSPS) is 30.5. The summed E-state index contributed by atoms with van der Waals surface area (Å²) in [5, 5.41) is 9.24. The number of aliphatic hydroxyl groups is 1. The predicted octanol–water partition coefficient (Wildman–Crippen LogP) is 1.27. The minimum Gasteiger partial charge on any atom is -0.393 e. The van der Waals surface area contributed by atoms with E-state index >= 15 is 0 Å². The first-order chi connectivity index (χ1) is 5.20. The lowest BCUT2D eigenvalue weighted by Crippen LogP contribution is -2.41. The van der Waals surface area contributed by atoms with Gasteiger partial charge in [0.1, 0.15) is 5.78 Å². The zero-order chi connectivity index (χ0) is 7.90. The molecular weight excluding hydrogens is 140 g/mol. The molecule has 11 heavy (non-hydrogen) atoms. The summed E-state index contributed by atoms with van der Waals surface area (Å²) in [5.41, 5.74) is 0.344. The van der Waals surface area contributed by atoms with Crippen LogP contribution in [-0.2, 0) is 4.79 Å². The van der Waals surface area contributed by atoms with Gasteiger partial charge in [-0.1, -0.05) is 0 Å². The summed E-state index contributed by atoms with van der Waals surface area (Å²) in [6, 6.07) is 0. The number of hydrogen-bond acceptors (Lipinski definition) is 2. The first kappa shape index (κ1) is 7.29. The molecule has 2 heteroatoms. The quantitative estimate of drug-likeness (QED) is 0.570. The summed E-state index contributed by atoms with van der Waals surface area (Å²) in [5.74, 6) is 0.418. The van der Waals surface area contributed by atoms with E-state index in [1.54, 1.807) is 0 Å². The lowest BCUT2D eigenvalue weighted by Gasteiger charge is -2.44. The SMILES string of the molecule is O=C1CC2(CCC(O)CC2)C1. The van der Waals surface area contributed by atoms with E-state index in [4.69, 9.17) is 0 Å². The maximum absolute atomic E-state index is 10.8. The van der Waals surface area contributed by atoms with Crippen molar-refractivity contribution < 1.29 is 9.90 Å². The molecule has 2 aliphatic carbocycles. The Morgan fingerprint density at radius 3 is 2.27 bits per heavy atom. The van der Waals surface area contributed by atoms with Gasteiger partial charge in [0.25, 0.3) is 0 Å². The number of Topliss-reactive ketones (excluding diaryl/α,β-unsaturated/α-hetero) is 1. The molecule has 0 saturated heterocycles. The fourth-order valence-electron chi connectivity index (χ4n) is 2.35. The second-order valence-corrected chi connectivity index (χ2v) is 4.12. The van der Waals surface area contributed by atoms with Crippen LogP contribution in [0.4, 0.5) is 0 Å². The zero-order valence-electron chi connectivity index (χ0n) is 6.68. The van der Waals surface area contributed by atoms with Crippen molar-refractivity contribution in [1.29, 1.82) is 0 Å². The van der Waals surface area contributed by atoms with E-state index < -0.39 is 0 Å². The number of carbonyl (C=O) groups excluding carboxylic acids is 1. The molecule has 0 atom stereocenters. The zero-order valence-corrected chi connectivity index (χ0v) is 6.68. The maximum atomic E-state index is 10.8. The summed E-state index contributed by atoms with van der Waals surface area (Å²) < 4.78 is 0. The van der Waals surface area contributed by atoms with Crippen molar-refractivity contribution >= 4 is 5.78 Å². The largest absolute Gasteiger partial charge is 0.393 e. The van der Waals surface area contributed by atoms with Gasteiger partial charge in [-0.15, -0.1) is 0 Å². The molecule has 0 radical (unpaired) electrons. The molecule has 0 bridgehead atoms. The van der Waals surface area contributed by atoms with E-state index in [-0.39, 0.29) is 6.10 Å². The minimum atomic E-state index is -0.0867. The van der Waals surface area contributed by atoms with E-state index in [2.05, 4.69) is 0 Å². The summed E-state index contributed by atoms with van der Waals surface area (Å²) in [7, 11) is 0. The summed E-state index contributed by atoms with van der Waals surface area (Å²) in [6.45, 7) is 0. The molecular formula is C9H14O2. The molecule has 0 heterocycles. The first-order valence-electron chi connectivity index (χ1n) is 4.40. The average molecular weight is 154 g/mol. The fraction of sp³-hybridized carbons (Fsp3) is 0.889. The molecule has 2 saturated carbocycles. The minimum absolute atomic E-state index is 0.0867. The van der Waals surface area contributed by atoms with E-state index in [9.17, 15) is 9.90 Å². The molecule has 2 aliphatic rings. The highest BCUT2D eigenvalue weighted by atomic mass is 16.3. The Hall–Kier alpha value is -0.370. The lowest BCUT2D eigenvalue weighted by atomic mass is 9.60. The van der Waals surface area contributed by atoms with Crippen LogP contribution in [0.1, 0.15) is 38.5 Å². The summed E-state index contributed by atoms with van der Waals surface area (Å²) in [4.78, 5) is 10.8. The number of ketones is 1. The molecule has 0 aliphatic heterocycles. The third-order valence-corrected chi connectivity index (χ3v) is 3.16. The van der Waals surface area contributed by atoms with Crippen molar-refractivity contribution in [1.82, 2.24) is 0 Å². The predicted molar refractivity (Wildman–Crippen MR) is 41.1 cm³/mol. The highest BCUT2D eigenvalue weighted by Gasteiger charge is 2.44. The van der Waals surface area contributed by atoms with Crippen molar-refractivity contribution in [2.75, 3.05) is 0 Å². The number of carbonyl (C=O) groups is 1. The van der Waals surface area contributed by atoms with Gasteiger partial charge in [0, 0.05) is 12.8 Å². The second kappa shape index (κ2) is 2.31. The molecule has 0 unspecified atom stereocenters. The molecule has 0 amide bonds. The highest BCUT2D eigenvalue weighted by molar-refractivity contribution is 5.86. The molecule has 2 fully saturated rings. The van der Waals surface area contributed by atoms with Crippen molar-refractivity contribution in [2.24, 2.45) is 5.41 Å². The van der Waals surface area contributed by atoms with Crippen molar-refractivity contribution in [3.8, 4) is 0 Å². The van der Waals surface area contributed by atoms with Gasteiger partial charge >= 0.3 is 0 Å². The van der Waals surface area contributed by atoms with Gasteiger partial charge in [0.15, 0.2) is 0 Å². The van der Waals surface area contributed by atoms with Crippen LogP contribution in [0.5, 0.6) is 0 Å². The Bertz CT molecular complexity index is 168. The second-order valence-electron chi connectivity index (χ2n) is 4.12. The lowest BCUT2D eigenvalue weighted by molar-refractivity contribution is -0.136. The van der Waals surface area contributed by atoms with Crippen molar-refractivity contribution in [3.63, 3.8) is 0 Å². The maximum Gasteiger partial charge on any atom is 0.134 e. The Morgan fingerprint density at radius 2 is 1.82 bits per heavy atom. The molecule has 0 aromatic heterocycles. The van der Waals surface area contributed by atoms with Gasteiger partial charge in [-0.25, -0.2) is 0 Å². The van der Waals surface area contributed by atoms with E-state index in [0.29, 0.717) is 11.2 Å². The van der Waals surface area contributed by atoms with Crippen LogP contribution in [0.2, 0.25) is 0 Å². The number of rotatable bonds is 0. The fourth-order valence-corrected chi connectivity index (χ4v) is 2.35. The van der Waals surface area contributed by atoms with Crippen LogP contribution in [0.3, 0.4) is 0 Å². The Balaban J connectivity index is 1.92. The molecule has 1 N–H and O–H groups in total. The Kier molecular flexibility index (Phi) is 1.53. The van der Waals surface area contributed by atoms with Crippen molar-refractivity contribution in [3.05, 3.63) is 0 Å². The highest BCUT2D eigenvalue weighted by Crippen LogP contribution is 2.49. The third-order valence-electron chi connectivity index (χ3n) is 3.16. The van der Waals surface area contributed by atoms with Crippen LogP contribution in [0.15, 0.2) is 0 Å². The van der Waals surface area contributed by atoms with Gasteiger partial charge in [0.2, 0.25) is 0 Å². The van der Waals surface area contributed by atoms with Crippen LogP contribution in [-0.4, -0.2) is 17.0 Å². The van der Waals surface area contributed by atoms with Gasteiger partial charge in [-0.3, -0.25) is 4.79 Å². The molecule has 1 spiro atoms. The topological polar surface area (TPSA) is 37.3 Å². The molecule has 0 aromatic carbocycles. The van der Waals surface area contributed by atoms with E-state index in [1.165, 1.54) is 0 Å². The smallest absolute Gasteiger partial charge is 0.134 e. The first-order valence-corrected chi connectivity index (χ1v) is 4.40. The Labute approximate surface area is 66.6 Å². The summed E-state index contributed by atoms with van der Waals surface area (Å²) in [6.07, 6.45) is 5.45. The monoisotopic (exact) mass is 154 g/mol. The number of aliphatic hydroxyl groups excluding tert-OH is 1. The van der Waals surface area contributed by atoms with E-state index in [0.717, 1.165) is 38.5 Å². The standard InChI is InChI=1S/C9H14O2/c10-7-1-3-9(4-2-7)5-8(11)6-9/h7,10H,1-6H2. The van der Waals surface area contributed by atoms with Gasteiger partial charge < -0.3 is 5.11 Å². The third kappa shape index (κ3) is 1.20. The van der Waals surface area contributed by atoms with Crippen LogP contribution in [0, 0.1) is 5.41 Å². The van der Waals surface area contributed by atoms with Crippen LogP contribution < -0.4 is 0 Å². The van der Waals surface area contributed by atoms with Crippen LogP contribution >= 0.6 is 0 Å². The molecule has 62 valence electrons. The van der Waals surface area contributed by atoms with Gasteiger partial charge in [-0.05, 0) is 31.1 Å². The molecule has 2 nitrogen and oxygen atoms in total. The van der Waals surface area contributed by atoms with Gasteiger partial charge in [-0.2, -0.15) is 0 Å². The Morgan fingerprint density at radius 1 is 1.27 bits per heavy atom. The van der Waals surface area contributed by atoms with Crippen LogP contribution in [0.25, 0.3) is 0 Å². The van der Waals surface area contributed by atoms with Gasteiger partial charge in [0.05, 0.1) is 6.10 Å². The molecule has 2 rings (SSSR count).